The highest BCUT2D eigenvalue weighted by Crippen LogP contribution is 2.43. The van der Waals surface area contributed by atoms with Crippen molar-refractivity contribution in [1.82, 2.24) is 10.2 Å². The lowest BCUT2D eigenvalue weighted by atomic mass is 10.1. The molecule has 0 atom stereocenters. The minimum Gasteiger partial charge on any atom is -0.505 e. The van der Waals surface area contributed by atoms with Crippen LogP contribution < -0.4 is 0 Å². The topological polar surface area (TPSA) is 46.0 Å². The van der Waals surface area contributed by atoms with Gasteiger partial charge in [0.1, 0.15) is 5.01 Å². The number of phenolic OH excluding ortho intramolecular Hbond substituents is 1. The van der Waals surface area contributed by atoms with Crippen LogP contribution in [0, 0.1) is 18.2 Å². The first-order valence-electron chi connectivity index (χ1n) is 8.15. The van der Waals surface area contributed by atoms with Crippen LogP contribution in [0.15, 0.2) is 12.1 Å². The molecule has 128 valence electrons. The van der Waals surface area contributed by atoms with Crippen molar-refractivity contribution in [2.24, 2.45) is 5.41 Å². The van der Waals surface area contributed by atoms with Gasteiger partial charge in [-0.15, -0.1) is 10.2 Å². The van der Waals surface area contributed by atoms with E-state index in [1.807, 2.05) is 20.8 Å². The van der Waals surface area contributed by atoms with Crippen molar-refractivity contribution in [2.45, 2.75) is 60.8 Å². The average Bonchev–Trinajstić information content (AvgIpc) is 3.05. The molecule has 5 heteroatoms. The molecule has 0 aliphatic heterocycles. The van der Waals surface area contributed by atoms with Gasteiger partial charge in [-0.2, -0.15) is 0 Å². The van der Waals surface area contributed by atoms with Crippen LogP contribution in [0.4, 0.5) is 4.39 Å². The van der Waals surface area contributed by atoms with Crippen molar-refractivity contribution in [2.75, 3.05) is 0 Å². The molecule has 1 heterocycles. The van der Waals surface area contributed by atoms with E-state index in [2.05, 4.69) is 24.0 Å². The van der Waals surface area contributed by atoms with Gasteiger partial charge in [-0.1, -0.05) is 52.0 Å². The Hall–Kier alpha value is -1.49. The molecule has 3 nitrogen and oxygen atoms in total. The molecular weight excluding hydrogens is 311 g/mol. The zero-order valence-electron chi connectivity index (χ0n) is 14.9. The van der Waals surface area contributed by atoms with Crippen LogP contribution in [0.5, 0.6) is 5.75 Å². The summed E-state index contributed by atoms with van der Waals surface area (Å²) in [4.78, 5) is 0. The number of benzene rings is 1. The molecule has 0 radical (unpaired) electrons. The first kappa shape index (κ1) is 19.6. The lowest BCUT2D eigenvalue weighted by molar-refractivity contribution is 0.429. The summed E-state index contributed by atoms with van der Waals surface area (Å²) >= 11 is 1.34. The Morgan fingerprint density at radius 3 is 2.22 bits per heavy atom. The summed E-state index contributed by atoms with van der Waals surface area (Å²) in [5, 5.41) is 18.7. The molecule has 1 fully saturated rings. The molecule has 3 rings (SSSR count). The number of aromatic hydroxyl groups is 1. The molecule has 1 aromatic heterocycles. The van der Waals surface area contributed by atoms with Gasteiger partial charge in [-0.25, -0.2) is 4.39 Å². The van der Waals surface area contributed by atoms with Crippen molar-refractivity contribution in [3.05, 3.63) is 28.5 Å². The van der Waals surface area contributed by atoms with Gasteiger partial charge in [0, 0.05) is 0 Å². The molecule has 0 unspecified atom stereocenters. The molecule has 1 aromatic carbocycles. The van der Waals surface area contributed by atoms with E-state index in [1.165, 1.54) is 24.2 Å². The van der Waals surface area contributed by atoms with E-state index in [4.69, 9.17) is 0 Å². The summed E-state index contributed by atoms with van der Waals surface area (Å²) in [6.07, 6.45) is 3.68. The largest absolute Gasteiger partial charge is 0.505 e. The minimum atomic E-state index is -0.626. The van der Waals surface area contributed by atoms with E-state index in [9.17, 15) is 9.50 Å². The van der Waals surface area contributed by atoms with Gasteiger partial charge in [0.05, 0.1) is 5.56 Å². The summed E-state index contributed by atoms with van der Waals surface area (Å²) < 4.78 is 13.8. The SMILES string of the molecule is CC.CC1(C)CC1.CCc1nnc(-c2ccc(C)c(O)c2F)s1. The fourth-order valence-electron chi connectivity index (χ4n) is 1.58. The van der Waals surface area contributed by atoms with Crippen molar-refractivity contribution in [1.29, 1.82) is 0 Å². The molecule has 1 saturated carbocycles. The summed E-state index contributed by atoms with van der Waals surface area (Å²) in [5.41, 5.74) is 1.57. The van der Waals surface area contributed by atoms with Crippen LogP contribution in [0.3, 0.4) is 0 Å². The predicted octanol–water partition coefficient (Wildman–Crippen LogP) is 5.75. The summed E-state index contributed by atoms with van der Waals surface area (Å²) in [5.74, 6) is -0.940. The first-order valence-corrected chi connectivity index (χ1v) is 8.96. The second-order valence-corrected chi connectivity index (χ2v) is 7.17. The van der Waals surface area contributed by atoms with Gasteiger partial charge in [0.25, 0.3) is 0 Å². The fourth-order valence-corrected chi connectivity index (χ4v) is 2.38. The number of phenols is 1. The monoisotopic (exact) mass is 338 g/mol. The third-order valence-corrected chi connectivity index (χ3v) is 4.67. The van der Waals surface area contributed by atoms with E-state index in [0.29, 0.717) is 16.1 Å². The number of aryl methyl sites for hydroxylation is 2. The maximum atomic E-state index is 13.8. The molecule has 1 aliphatic rings. The Morgan fingerprint density at radius 2 is 1.78 bits per heavy atom. The standard InChI is InChI=1S/C11H11FN2OS.C5H10.C2H6/c1-3-8-13-14-11(16-8)7-5-4-6(2)10(15)9(7)12;1-5(2)3-4-5;1-2/h4-5,15H,3H2,1-2H3;3-4H2,1-2H3;1-2H3. The van der Waals surface area contributed by atoms with Gasteiger partial charge in [-0.3, -0.25) is 0 Å². The number of nitrogens with zero attached hydrogens (tertiary/aromatic N) is 2. The second kappa shape index (κ2) is 8.39. The number of hydrogen-bond donors (Lipinski definition) is 1. The van der Waals surface area contributed by atoms with Crippen molar-refractivity contribution >= 4 is 11.3 Å². The Morgan fingerprint density at radius 1 is 1.22 bits per heavy atom. The highest BCUT2D eigenvalue weighted by molar-refractivity contribution is 7.14. The molecule has 0 amide bonds. The van der Waals surface area contributed by atoms with Crippen molar-refractivity contribution in [3.8, 4) is 16.3 Å². The normalized spacial score (nSPS) is 14.2. The Labute approximate surface area is 142 Å². The zero-order valence-corrected chi connectivity index (χ0v) is 15.7. The highest BCUT2D eigenvalue weighted by atomic mass is 32.1. The van der Waals surface area contributed by atoms with E-state index in [-0.39, 0.29) is 5.75 Å². The van der Waals surface area contributed by atoms with Crippen molar-refractivity contribution < 1.29 is 9.50 Å². The molecule has 0 spiro atoms. The third kappa shape index (κ3) is 5.57. The Kier molecular flexibility index (Phi) is 7.13. The lowest BCUT2D eigenvalue weighted by Crippen LogP contribution is -1.87. The molecule has 23 heavy (non-hydrogen) atoms. The first-order chi connectivity index (χ1) is 10.8. The van der Waals surface area contributed by atoms with Crippen LogP contribution in [-0.2, 0) is 6.42 Å². The summed E-state index contributed by atoms with van der Waals surface area (Å²) in [6.45, 7) is 12.2. The fraction of sp³-hybridized carbons (Fsp3) is 0.556. The van der Waals surface area contributed by atoms with Crippen LogP contribution in [0.25, 0.3) is 10.6 Å². The molecular formula is C18H27FN2OS. The van der Waals surface area contributed by atoms with Gasteiger partial charge in [0.15, 0.2) is 16.6 Å². The second-order valence-electron chi connectivity index (χ2n) is 6.11. The maximum absolute atomic E-state index is 13.8. The van der Waals surface area contributed by atoms with E-state index in [0.717, 1.165) is 16.8 Å². The third-order valence-electron chi connectivity index (χ3n) is 3.57. The quantitative estimate of drug-likeness (QED) is 0.758. The van der Waals surface area contributed by atoms with Crippen LogP contribution in [0.1, 0.15) is 58.0 Å². The number of rotatable bonds is 2. The van der Waals surface area contributed by atoms with E-state index >= 15 is 0 Å². The smallest absolute Gasteiger partial charge is 0.175 e. The summed E-state index contributed by atoms with van der Waals surface area (Å²) in [7, 11) is 0. The van der Waals surface area contributed by atoms with E-state index < -0.39 is 5.82 Å². The zero-order chi connectivity index (χ0) is 17.6. The van der Waals surface area contributed by atoms with Gasteiger partial charge in [-0.05, 0) is 43.2 Å². The van der Waals surface area contributed by atoms with Crippen LogP contribution in [0.2, 0.25) is 0 Å². The average molecular weight is 338 g/mol. The Balaban J connectivity index is 0.000000317. The molecule has 1 aliphatic carbocycles. The van der Waals surface area contributed by atoms with Crippen molar-refractivity contribution in [3.63, 3.8) is 0 Å². The molecule has 0 bridgehead atoms. The maximum Gasteiger partial charge on any atom is 0.175 e. The number of aromatic nitrogens is 2. The molecule has 0 saturated heterocycles. The highest BCUT2D eigenvalue weighted by Gasteiger charge is 2.30. The molecule has 1 N–H and O–H groups in total. The number of halogens is 1. The minimum absolute atomic E-state index is 0.306. The van der Waals surface area contributed by atoms with E-state index in [1.54, 1.807) is 19.1 Å². The van der Waals surface area contributed by atoms with Crippen LogP contribution in [-0.4, -0.2) is 15.3 Å². The Bertz CT molecular complexity index is 632. The van der Waals surface area contributed by atoms with Gasteiger partial charge < -0.3 is 5.11 Å². The predicted molar refractivity (Wildman–Crippen MR) is 95.4 cm³/mol. The lowest BCUT2D eigenvalue weighted by Gasteiger charge is -2.03. The summed E-state index contributed by atoms with van der Waals surface area (Å²) in [6, 6.07) is 3.28. The van der Waals surface area contributed by atoms with Gasteiger partial charge >= 0.3 is 0 Å². The van der Waals surface area contributed by atoms with Crippen LogP contribution >= 0.6 is 11.3 Å². The molecule has 2 aromatic rings. The number of hydrogen-bond acceptors (Lipinski definition) is 4. The van der Waals surface area contributed by atoms with Gasteiger partial charge in [0.2, 0.25) is 0 Å².